The number of benzene rings is 1. The van der Waals surface area contributed by atoms with E-state index in [1.807, 2.05) is 6.08 Å². The van der Waals surface area contributed by atoms with E-state index >= 15 is 0 Å². The molecule has 0 bridgehead atoms. The van der Waals surface area contributed by atoms with Crippen molar-refractivity contribution in [2.75, 3.05) is 13.2 Å². The molecule has 5 N–H and O–H groups in total. The quantitative estimate of drug-likeness (QED) is 0.101. The highest BCUT2D eigenvalue weighted by atomic mass is 31.2. The fourth-order valence-electron chi connectivity index (χ4n) is 3.66. The predicted octanol–water partition coefficient (Wildman–Crippen LogP) is 3.43. The van der Waals surface area contributed by atoms with E-state index in [2.05, 4.69) is 15.6 Å². The van der Waals surface area contributed by atoms with Crippen LogP contribution in [0.3, 0.4) is 0 Å². The first-order valence-corrected chi connectivity index (χ1v) is 12.2. The summed E-state index contributed by atoms with van der Waals surface area (Å²) in [5.74, 6) is -3.29. The summed E-state index contributed by atoms with van der Waals surface area (Å²) in [6.07, 6.45) is 0.917. The predicted molar refractivity (Wildman–Crippen MR) is 112 cm³/mol. The first-order valence-electron chi connectivity index (χ1n) is 10.7. The number of hydrogen-bond donors (Lipinski definition) is 4. The van der Waals surface area contributed by atoms with Gasteiger partial charge >= 0.3 is 19.3 Å². The summed E-state index contributed by atoms with van der Waals surface area (Å²) in [6, 6.07) is 3.52. The second-order valence-electron chi connectivity index (χ2n) is 8.42. The third-order valence-corrected chi connectivity index (χ3v) is 7.85. The molecule has 33 heavy (non-hydrogen) atoms. The van der Waals surface area contributed by atoms with Gasteiger partial charge in [-0.25, -0.2) is 0 Å². The second kappa shape index (κ2) is 9.30. The Labute approximate surface area is 189 Å². The Morgan fingerprint density at radius 1 is 1.18 bits per heavy atom. The molecule has 1 aromatic carbocycles. The fourth-order valence-corrected chi connectivity index (χ4v) is 5.50. The van der Waals surface area contributed by atoms with Crippen LogP contribution in [0.4, 0.5) is 13.2 Å². The van der Waals surface area contributed by atoms with E-state index in [-0.39, 0.29) is 30.8 Å². The standard InChI is InChI=1S/C21H29F3NO7P/c1-2-3-4-5-6-7-12-30-17-9-8-15(13-16(17)19(22,23)24)10-11-18(25,14-26)20(27,28)21-31-33(21,29)32-21/h2,8-9,13,26-28H,1,3-7,10-12,14,25H2. The van der Waals surface area contributed by atoms with E-state index in [0.29, 0.717) is 6.42 Å². The molecule has 1 atom stereocenters. The molecule has 0 aromatic heterocycles. The molecular weight excluding hydrogens is 466 g/mol. The maximum atomic E-state index is 13.6. The summed E-state index contributed by atoms with van der Waals surface area (Å²) < 4.78 is 67.2. The topological polar surface area (TPSA) is 138 Å². The SMILES string of the molecule is C=CCCCCCCOc1ccc(CCC(N)(CO)C(O)(O)C23OP2(=O)O3)cc1C(F)(F)F. The molecular formula is C21H29F3NO7P. The zero-order valence-corrected chi connectivity index (χ0v) is 18.9. The van der Waals surface area contributed by atoms with Gasteiger partial charge in [-0.1, -0.05) is 25.0 Å². The van der Waals surface area contributed by atoms with Crippen molar-refractivity contribution in [3.63, 3.8) is 0 Å². The van der Waals surface area contributed by atoms with E-state index in [4.69, 9.17) is 10.5 Å². The Balaban J connectivity index is 1.63. The third kappa shape index (κ3) is 5.00. The van der Waals surface area contributed by atoms with E-state index in [1.165, 1.54) is 12.1 Å². The van der Waals surface area contributed by atoms with Gasteiger partial charge in [0, 0.05) is 0 Å². The smallest absolute Gasteiger partial charge is 0.419 e. The number of aliphatic hydroxyl groups is 3. The van der Waals surface area contributed by atoms with Crippen molar-refractivity contribution in [3.05, 3.63) is 42.0 Å². The number of aliphatic hydroxyl groups excluding tert-OH is 1. The summed E-state index contributed by atoms with van der Waals surface area (Å²) in [7, 11) is -3.60. The van der Waals surface area contributed by atoms with E-state index in [0.717, 1.165) is 31.7 Å². The monoisotopic (exact) mass is 495 g/mol. The molecule has 2 aliphatic heterocycles. The lowest BCUT2D eigenvalue weighted by atomic mass is 9.84. The Hall–Kier alpha value is -1.46. The molecule has 12 heteroatoms. The van der Waals surface area contributed by atoms with E-state index < -0.39 is 42.8 Å². The molecule has 1 unspecified atom stereocenters. The number of hydrogen-bond acceptors (Lipinski definition) is 8. The van der Waals surface area contributed by atoms with Crippen LogP contribution in [0, 0.1) is 0 Å². The third-order valence-electron chi connectivity index (χ3n) is 5.97. The largest absolute Gasteiger partial charge is 0.493 e. The number of fused-ring (bicyclic) bond motifs is 1. The van der Waals surface area contributed by atoms with Crippen molar-refractivity contribution in [3.8, 4) is 5.75 Å². The lowest BCUT2D eigenvalue weighted by Crippen LogP contribution is -2.68. The molecule has 8 nitrogen and oxygen atoms in total. The lowest BCUT2D eigenvalue weighted by Gasteiger charge is -2.38. The van der Waals surface area contributed by atoms with Crippen LogP contribution < -0.4 is 10.5 Å². The second-order valence-corrected chi connectivity index (χ2v) is 10.4. The number of halogens is 3. The number of allylic oxidation sites excluding steroid dienone is 1. The van der Waals surface area contributed by atoms with Gasteiger partial charge in [-0.2, -0.15) is 13.2 Å². The van der Waals surface area contributed by atoms with Crippen LogP contribution in [0.25, 0.3) is 0 Å². The maximum Gasteiger partial charge on any atom is 0.419 e. The van der Waals surface area contributed by atoms with E-state index in [9.17, 15) is 33.1 Å². The Kier molecular flexibility index (Phi) is 7.37. The van der Waals surface area contributed by atoms with Crippen LogP contribution in [0.15, 0.2) is 30.9 Å². The number of aryl methyl sites for hydroxylation is 1. The van der Waals surface area contributed by atoms with Gasteiger partial charge in [0.2, 0.25) is 0 Å². The Bertz CT molecular complexity index is 914. The number of ether oxygens (including phenoxy) is 1. The summed E-state index contributed by atoms with van der Waals surface area (Å²) in [4.78, 5) is 0. The molecule has 0 aliphatic carbocycles. The molecule has 2 aliphatic rings. The molecule has 2 heterocycles. The molecule has 0 saturated carbocycles. The minimum Gasteiger partial charge on any atom is -0.493 e. The first-order chi connectivity index (χ1) is 15.4. The molecule has 2 saturated heterocycles. The van der Waals surface area contributed by atoms with Crippen LogP contribution in [0.2, 0.25) is 0 Å². The van der Waals surface area contributed by atoms with Gasteiger partial charge in [-0.15, -0.1) is 6.58 Å². The van der Waals surface area contributed by atoms with Crippen LogP contribution in [0.1, 0.15) is 49.7 Å². The van der Waals surface area contributed by atoms with Crippen LogP contribution >= 0.6 is 7.60 Å². The molecule has 0 amide bonds. The minimum atomic E-state index is -4.67. The fraction of sp³-hybridized carbons (Fsp3) is 0.619. The Morgan fingerprint density at radius 3 is 2.36 bits per heavy atom. The van der Waals surface area contributed by atoms with Gasteiger partial charge < -0.3 is 25.8 Å². The van der Waals surface area contributed by atoms with Crippen LogP contribution in [-0.2, 0) is 26.2 Å². The van der Waals surface area contributed by atoms with Crippen LogP contribution in [0.5, 0.6) is 5.75 Å². The summed E-state index contributed by atoms with van der Waals surface area (Å²) in [6.45, 7) is 2.82. The van der Waals surface area contributed by atoms with Crippen molar-refractivity contribution >= 4 is 7.60 Å². The number of nitrogens with two attached hydrogens (primary N) is 1. The molecule has 2 fully saturated rings. The highest BCUT2D eigenvalue weighted by molar-refractivity contribution is 7.68. The lowest BCUT2D eigenvalue weighted by molar-refractivity contribution is -0.290. The molecule has 3 rings (SSSR count). The van der Waals surface area contributed by atoms with Crippen molar-refractivity contribution in [2.45, 2.75) is 68.0 Å². The average Bonchev–Trinajstić information content (AvgIpc) is 3.56. The number of rotatable bonds is 14. The summed E-state index contributed by atoms with van der Waals surface area (Å²) >= 11 is 0. The van der Waals surface area contributed by atoms with Crippen molar-refractivity contribution in [1.29, 1.82) is 0 Å². The molecule has 1 aromatic rings. The maximum absolute atomic E-state index is 13.6. The zero-order chi connectivity index (χ0) is 24.5. The van der Waals surface area contributed by atoms with Gasteiger partial charge in [0.25, 0.3) is 5.79 Å². The average molecular weight is 495 g/mol. The molecule has 186 valence electrons. The van der Waals surface area contributed by atoms with Gasteiger partial charge in [0.1, 0.15) is 5.75 Å². The van der Waals surface area contributed by atoms with Gasteiger partial charge in [0.05, 0.1) is 24.3 Å². The number of unbranched alkanes of at least 4 members (excludes halogenated alkanes) is 4. The zero-order valence-electron chi connectivity index (χ0n) is 18.0. The summed E-state index contributed by atoms with van der Waals surface area (Å²) in [5.41, 5.74) is 0.829. The summed E-state index contributed by atoms with van der Waals surface area (Å²) in [5, 5.41) is 30.4. The van der Waals surface area contributed by atoms with E-state index in [1.54, 1.807) is 0 Å². The highest BCUT2D eigenvalue weighted by Crippen LogP contribution is 3.00. The highest BCUT2D eigenvalue weighted by Gasteiger charge is 3.01. The van der Waals surface area contributed by atoms with Gasteiger partial charge in [0.15, 0.2) is 0 Å². The van der Waals surface area contributed by atoms with Crippen molar-refractivity contribution < 1.29 is 46.8 Å². The van der Waals surface area contributed by atoms with Gasteiger partial charge in [-0.3, -0.25) is 13.6 Å². The van der Waals surface area contributed by atoms with Crippen LogP contribution in [-0.4, -0.2) is 45.4 Å². The Morgan fingerprint density at radius 2 is 1.82 bits per heavy atom. The minimum absolute atomic E-state index is 0.145. The normalized spacial score (nSPS) is 25.8. The molecule has 0 radical (unpaired) electrons. The molecule has 0 spiro atoms. The van der Waals surface area contributed by atoms with Crippen molar-refractivity contribution in [1.82, 2.24) is 0 Å². The van der Waals surface area contributed by atoms with Crippen molar-refractivity contribution in [2.24, 2.45) is 5.73 Å². The van der Waals surface area contributed by atoms with Gasteiger partial charge in [-0.05, 0) is 49.8 Å². The number of alkyl halides is 3. The first kappa shape index (κ1) is 26.2.